The van der Waals surface area contributed by atoms with Crippen LogP contribution in [0.15, 0.2) is 24.3 Å². The maximum Gasteiger partial charge on any atom is 0.168 e. The van der Waals surface area contributed by atoms with Crippen molar-refractivity contribution in [1.82, 2.24) is 5.32 Å². The number of morpholine rings is 1. The second kappa shape index (κ2) is 6.68. The molecule has 1 aromatic rings. The lowest BCUT2D eigenvalue weighted by Crippen LogP contribution is -2.48. The molecule has 1 aliphatic rings. The molecule has 1 N–H and O–H groups in total. The number of para-hydroxylation sites is 1. The molecule has 0 spiro atoms. The van der Waals surface area contributed by atoms with Gasteiger partial charge in [-0.15, -0.1) is 0 Å². The summed E-state index contributed by atoms with van der Waals surface area (Å²) in [7, 11) is 0. The first-order valence-electron chi connectivity index (χ1n) is 6.79. The molecule has 1 heterocycles. The molecule has 0 radical (unpaired) electrons. The molecule has 1 saturated heterocycles. The first-order chi connectivity index (χ1) is 9.20. The number of carbonyl (C=O) groups excluding carboxylic acids is 1. The Kier molecular flexibility index (Phi) is 4.93. The maximum atomic E-state index is 12.3. The Balaban J connectivity index is 2.03. The summed E-state index contributed by atoms with van der Waals surface area (Å²) in [6.07, 6.45) is 0.439. The highest BCUT2D eigenvalue weighted by Gasteiger charge is 2.22. The molecule has 2 atom stereocenters. The van der Waals surface area contributed by atoms with E-state index in [-0.39, 0.29) is 11.8 Å². The van der Waals surface area contributed by atoms with Crippen molar-refractivity contribution in [2.75, 3.05) is 19.8 Å². The zero-order chi connectivity index (χ0) is 13.7. The molecule has 2 rings (SSSR count). The van der Waals surface area contributed by atoms with Gasteiger partial charge in [0, 0.05) is 18.5 Å². The van der Waals surface area contributed by atoms with Crippen molar-refractivity contribution in [3.05, 3.63) is 29.8 Å². The van der Waals surface area contributed by atoms with Crippen LogP contribution < -0.4 is 10.1 Å². The Hall–Kier alpha value is -1.39. The molecule has 1 aliphatic heterocycles. The van der Waals surface area contributed by atoms with Crippen LogP contribution in [0.3, 0.4) is 0 Å². The van der Waals surface area contributed by atoms with Gasteiger partial charge in [-0.05, 0) is 26.0 Å². The summed E-state index contributed by atoms with van der Waals surface area (Å²) in [5.41, 5.74) is 0.657. The lowest BCUT2D eigenvalue weighted by molar-refractivity contribution is 0.0463. The van der Waals surface area contributed by atoms with Crippen LogP contribution in [0.1, 0.15) is 30.6 Å². The van der Waals surface area contributed by atoms with Gasteiger partial charge in [0.15, 0.2) is 5.78 Å². The molecule has 0 aliphatic carbocycles. The topological polar surface area (TPSA) is 47.6 Å². The third-order valence-corrected chi connectivity index (χ3v) is 3.13. The van der Waals surface area contributed by atoms with E-state index in [4.69, 9.17) is 9.47 Å². The SMILES string of the molecule is CCOc1ccccc1C(=O)CC1COCC(C)N1. The highest BCUT2D eigenvalue weighted by molar-refractivity contribution is 5.99. The molecule has 4 nitrogen and oxygen atoms in total. The third kappa shape index (κ3) is 3.78. The molecule has 19 heavy (non-hydrogen) atoms. The van der Waals surface area contributed by atoms with Crippen LogP contribution >= 0.6 is 0 Å². The average Bonchev–Trinajstić information content (AvgIpc) is 2.39. The van der Waals surface area contributed by atoms with Crippen LogP contribution in [-0.4, -0.2) is 37.7 Å². The van der Waals surface area contributed by atoms with E-state index in [2.05, 4.69) is 12.2 Å². The van der Waals surface area contributed by atoms with E-state index in [1.807, 2.05) is 31.2 Å². The van der Waals surface area contributed by atoms with Gasteiger partial charge in [0.1, 0.15) is 5.75 Å². The van der Waals surface area contributed by atoms with E-state index < -0.39 is 0 Å². The predicted octanol–water partition coefficient (Wildman–Crippen LogP) is 2.04. The molecular weight excluding hydrogens is 242 g/mol. The Labute approximate surface area is 114 Å². The summed E-state index contributed by atoms with van der Waals surface area (Å²) in [4.78, 5) is 12.3. The molecule has 2 unspecified atom stereocenters. The largest absolute Gasteiger partial charge is 0.493 e. The van der Waals surface area contributed by atoms with Crippen molar-refractivity contribution < 1.29 is 14.3 Å². The summed E-state index contributed by atoms with van der Waals surface area (Å²) < 4.78 is 11.0. The fourth-order valence-corrected chi connectivity index (χ4v) is 2.32. The standard InChI is InChI=1S/C15H21NO3/c1-3-19-15-7-5-4-6-13(15)14(17)8-12-10-18-9-11(2)16-12/h4-7,11-12,16H,3,8-10H2,1-2H3. The van der Waals surface area contributed by atoms with Gasteiger partial charge in [0.05, 0.1) is 25.4 Å². The van der Waals surface area contributed by atoms with Gasteiger partial charge in [-0.25, -0.2) is 0 Å². The highest BCUT2D eigenvalue weighted by atomic mass is 16.5. The number of benzene rings is 1. The monoisotopic (exact) mass is 263 g/mol. The van der Waals surface area contributed by atoms with Gasteiger partial charge in [0.25, 0.3) is 0 Å². The Morgan fingerprint density at radius 3 is 2.95 bits per heavy atom. The van der Waals surface area contributed by atoms with Gasteiger partial charge in [-0.1, -0.05) is 12.1 Å². The van der Waals surface area contributed by atoms with Gasteiger partial charge in [-0.3, -0.25) is 4.79 Å². The van der Waals surface area contributed by atoms with Crippen LogP contribution in [0.5, 0.6) is 5.75 Å². The van der Waals surface area contributed by atoms with E-state index in [0.717, 1.165) is 0 Å². The number of rotatable bonds is 5. The number of hydrogen-bond donors (Lipinski definition) is 1. The Morgan fingerprint density at radius 2 is 2.21 bits per heavy atom. The fourth-order valence-electron chi connectivity index (χ4n) is 2.32. The van der Waals surface area contributed by atoms with E-state index in [1.165, 1.54) is 0 Å². The molecule has 0 bridgehead atoms. The van der Waals surface area contributed by atoms with E-state index in [1.54, 1.807) is 0 Å². The van der Waals surface area contributed by atoms with Crippen molar-refractivity contribution in [1.29, 1.82) is 0 Å². The number of ketones is 1. The molecule has 1 aromatic carbocycles. The minimum atomic E-state index is 0.0888. The van der Waals surface area contributed by atoms with Crippen molar-refractivity contribution in [3.63, 3.8) is 0 Å². The van der Waals surface area contributed by atoms with E-state index in [0.29, 0.717) is 43.6 Å². The maximum absolute atomic E-state index is 12.3. The fraction of sp³-hybridized carbons (Fsp3) is 0.533. The number of ether oxygens (including phenoxy) is 2. The predicted molar refractivity (Wildman–Crippen MR) is 73.8 cm³/mol. The molecular formula is C15H21NO3. The first-order valence-corrected chi connectivity index (χ1v) is 6.79. The van der Waals surface area contributed by atoms with Crippen molar-refractivity contribution in [2.45, 2.75) is 32.4 Å². The van der Waals surface area contributed by atoms with Gasteiger partial charge in [0.2, 0.25) is 0 Å². The molecule has 4 heteroatoms. The van der Waals surface area contributed by atoms with Gasteiger partial charge < -0.3 is 14.8 Å². The van der Waals surface area contributed by atoms with Crippen molar-refractivity contribution >= 4 is 5.78 Å². The Bertz CT molecular complexity index is 433. The summed E-state index contributed by atoms with van der Waals surface area (Å²) in [6.45, 7) is 5.84. The van der Waals surface area contributed by atoms with Crippen LogP contribution in [0.2, 0.25) is 0 Å². The number of carbonyl (C=O) groups is 1. The highest BCUT2D eigenvalue weighted by Crippen LogP contribution is 2.20. The quantitative estimate of drug-likeness (QED) is 0.826. The zero-order valence-corrected chi connectivity index (χ0v) is 11.5. The van der Waals surface area contributed by atoms with E-state index >= 15 is 0 Å². The Morgan fingerprint density at radius 1 is 1.42 bits per heavy atom. The van der Waals surface area contributed by atoms with Gasteiger partial charge in [-0.2, -0.15) is 0 Å². The van der Waals surface area contributed by atoms with Crippen molar-refractivity contribution in [2.24, 2.45) is 0 Å². The lowest BCUT2D eigenvalue weighted by atomic mass is 10.0. The average molecular weight is 263 g/mol. The normalized spacial score (nSPS) is 23.1. The number of nitrogens with one attached hydrogen (secondary N) is 1. The van der Waals surface area contributed by atoms with Crippen LogP contribution in [0.25, 0.3) is 0 Å². The van der Waals surface area contributed by atoms with Crippen LogP contribution in [-0.2, 0) is 4.74 Å². The third-order valence-electron chi connectivity index (χ3n) is 3.13. The summed E-state index contributed by atoms with van der Waals surface area (Å²) in [6, 6.07) is 7.79. The molecule has 0 amide bonds. The zero-order valence-electron chi connectivity index (χ0n) is 11.5. The second-order valence-electron chi connectivity index (χ2n) is 4.86. The number of hydrogen-bond acceptors (Lipinski definition) is 4. The smallest absolute Gasteiger partial charge is 0.168 e. The molecule has 104 valence electrons. The minimum Gasteiger partial charge on any atom is -0.493 e. The molecule has 0 aromatic heterocycles. The van der Waals surface area contributed by atoms with Crippen LogP contribution in [0.4, 0.5) is 0 Å². The number of Topliss-reactive ketones (excluding diaryl/α,β-unsaturated/α-hetero) is 1. The molecule has 0 saturated carbocycles. The first kappa shape index (κ1) is 14.0. The van der Waals surface area contributed by atoms with Gasteiger partial charge >= 0.3 is 0 Å². The lowest BCUT2D eigenvalue weighted by Gasteiger charge is -2.28. The van der Waals surface area contributed by atoms with Crippen LogP contribution in [0, 0.1) is 0 Å². The van der Waals surface area contributed by atoms with Crippen molar-refractivity contribution in [3.8, 4) is 5.75 Å². The summed E-state index contributed by atoms with van der Waals surface area (Å²) in [5.74, 6) is 0.763. The van der Waals surface area contributed by atoms with E-state index in [9.17, 15) is 4.79 Å². The second-order valence-corrected chi connectivity index (χ2v) is 4.86. The summed E-state index contributed by atoms with van der Waals surface area (Å²) in [5, 5.41) is 3.38. The molecule has 1 fully saturated rings. The summed E-state index contributed by atoms with van der Waals surface area (Å²) >= 11 is 0. The minimum absolute atomic E-state index is 0.0888.